The van der Waals surface area contributed by atoms with Gasteiger partial charge in [-0.05, 0) is 87.9 Å². The maximum absolute atomic E-state index is 9.67. The normalized spacial score (nSPS) is 16.8. The van der Waals surface area contributed by atoms with Gasteiger partial charge in [0.1, 0.15) is 0 Å². The van der Waals surface area contributed by atoms with Gasteiger partial charge in [-0.1, -0.05) is 124 Å². The zero-order valence-electron chi connectivity index (χ0n) is 25.0. The van der Waals surface area contributed by atoms with Crippen LogP contribution in [0.2, 0.25) is 0 Å². The average Bonchev–Trinajstić information content (AvgIpc) is 2.89. The molecule has 0 heterocycles. The fraction of sp³-hybridized carbons (Fsp3) is 0.636. The van der Waals surface area contributed by atoms with Gasteiger partial charge in [-0.15, -0.1) is 0 Å². The first-order chi connectivity index (χ1) is 18.1. The van der Waals surface area contributed by atoms with Gasteiger partial charge in [-0.2, -0.15) is 0 Å². The lowest BCUT2D eigenvalue weighted by Gasteiger charge is -2.40. The zero-order valence-corrected chi connectivity index (χ0v) is 25.9. The Labute approximate surface area is 237 Å². The molecule has 0 nitrogen and oxygen atoms in total. The zero-order chi connectivity index (χ0) is 27.8. The predicted octanol–water partition coefficient (Wildman–Crippen LogP) is 11.5. The van der Waals surface area contributed by atoms with Crippen molar-refractivity contribution in [1.82, 2.24) is 0 Å². The van der Waals surface area contributed by atoms with Crippen LogP contribution in [0.5, 0.6) is 0 Å². The van der Waals surface area contributed by atoms with Gasteiger partial charge in [-0.25, -0.2) is 0 Å². The summed E-state index contributed by atoms with van der Waals surface area (Å²) in [5.41, 5.74) is 9.71. The van der Waals surface area contributed by atoms with Crippen LogP contribution in [0, 0.1) is 0 Å². The highest BCUT2D eigenvalue weighted by atomic mass is 31.1. The molecule has 2 aliphatic carbocycles. The van der Waals surface area contributed by atoms with Crippen molar-refractivity contribution in [2.24, 2.45) is 0 Å². The molecule has 218 valence electrons. The molecule has 0 saturated heterocycles. The Bertz CT molecular complexity index is 945. The fourth-order valence-electron chi connectivity index (χ4n) is 6.59. The summed E-state index contributed by atoms with van der Waals surface area (Å²) in [6, 6.07) is 14.8. The van der Waals surface area contributed by atoms with Gasteiger partial charge < -0.3 is 0 Å². The van der Waals surface area contributed by atoms with Gasteiger partial charge in [0.15, 0.2) is 0 Å². The van der Waals surface area contributed by atoms with E-state index >= 15 is 0 Å². The van der Waals surface area contributed by atoms with Crippen LogP contribution >= 0.6 is 7.92 Å². The van der Waals surface area contributed by atoms with Gasteiger partial charge in [-0.3, -0.25) is 17.7 Å². The summed E-state index contributed by atoms with van der Waals surface area (Å²) in [4.78, 5) is 0. The monoisotopic (exact) mass is 564 g/mol. The molecule has 2 aromatic rings. The minimum absolute atomic E-state index is 0. The molecular weight excluding hydrogens is 514 g/mol. The lowest BCUT2D eigenvalue weighted by molar-refractivity contribution is 0.487. The van der Waals surface area contributed by atoms with E-state index < -0.39 is 7.54 Å². The Morgan fingerprint density at radius 3 is 1.46 bits per heavy atom. The van der Waals surface area contributed by atoms with Crippen molar-refractivity contribution >= 4 is 20.8 Å². The largest absolute Gasteiger partial charge is 0.762 e. The molecule has 39 heavy (non-hydrogen) atoms. The van der Waals surface area contributed by atoms with Crippen LogP contribution in [-0.2, 0) is 0 Å². The summed E-state index contributed by atoms with van der Waals surface area (Å²) >= 11 is 0. The van der Waals surface area contributed by atoms with E-state index in [1.54, 1.807) is 27.6 Å². The molecule has 0 unspecified atom stereocenters. The Morgan fingerprint density at radius 2 is 1.08 bits per heavy atom. The van der Waals surface area contributed by atoms with Crippen molar-refractivity contribution in [3.8, 4) is 11.1 Å². The fourth-order valence-corrected chi connectivity index (χ4v) is 10.5. The van der Waals surface area contributed by atoms with Crippen molar-refractivity contribution in [2.75, 3.05) is 0 Å². The summed E-state index contributed by atoms with van der Waals surface area (Å²) in [6.07, 6.45) is 14.6. The second-order valence-corrected chi connectivity index (χ2v) is 15.1. The molecule has 2 saturated carbocycles. The van der Waals surface area contributed by atoms with Crippen molar-refractivity contribution in [2.45, 2.75) is 135 Å². The molecule has 0 amide bonds. The highest BCUT2D eigenvalue weighted by Crippen LogP contribution is 2.56. The van der Waals surface area contributed by atoms with Crippen molar-refractivity contribution in [3.63, 3.8) is 0 Å². The highest BCUT2D eigenvalue weighted by Gasteiger charge is 2.34. The van der Waals surface area contributed by atoms with E-state index in [-0.39, 0.29) is 12.6 Å². The lowest BCUT2D eigenvalue weighted by Crippen LogP contribution is -2.27. The summed E-state index contributed by atoms with van der Waals surface area (Å²) in [7, 11) is -3.79. The molecule has 6 heteroatoms. The second-order valence-electron chi connectivity index (χ2n) is 12.3. The van der Waals surface area contributed by atoms with Crippen LogP contribution in [0.25, 0.3) is 11.1 Å². The standard InChI is InChI=1S/C33H49P.BF3.FH/c1-23(2)26-21-30(24(3)4)33(31(22-26)25(5)6)29-19-13-14-20-32(29)34(27-15-9-7-10-16-27)28-17-11-8-12-18-28;2-1(3)4;/h13-14,19-25,27-28H,7-12,15-18H2,1-6H3;;1H. The van der Waals surface area contributed by atoms with Crippen LogP contribution in [0.4, 0.5) is 17.7 Å². The van der Waals surface area contributed by atoms with Crippen LogP contribution in [0.15, 0.2) is 36.4 Å². The van der Waals surface area contributed by atoms with E-state index in [1.807, 2.05) is 0 Å². The van der Waals surface area contributed by atoms with Gasteiger partial charge in [0, 0.05) is 0 Å². The van der Waals surface area contributed by atoms with Gasteiger partial charge in [0.2, 0.25) is 0 Å². The van der Waals surface area contributed by atoms with Crippen LogP contribution in [0.1, 0.15) is 140 Å². The molecule has 2 aliphatic rings. The second kappa shape index (κ2) is 16.2. The quantitative estimate of drug-likeness (QED) is 0.178. The summed E-state index contributed by atoms with van der Waals surface area (Å²) in [6.45, 7) is 14.3. The van der Waals surface area contributed by atoms with Gasteiger partial charge in [0.05, 0.1) is 0 Å². The maximum atomic E-state index is 9.67. The molecule has 0 radical (unpaired) electrons. The third-order valence-corrected chi connectivity index (χ3v) is 12.1. The third-order valence-electron chi connectivity index (χ3n) is 8.52. The SMILES string of the molecule is CC(C)c1cc(C(C)C)c(-c2ccccc2P(C2CCCCC2)C2CCCCC2)c(C(C)C)c1.F.FB(F)F. The molecule has 0 N–H and O–H groups in total. The van der Waals surface area contributed by atoms with Crippen molar-refractivity contribution in [3.05, 3.63) is 53.1 Å². The molecule has 0 spiro atoms. The first kappa shape index (κ1) is 33.9. The third kappa shape index (κ3) is 9.07. The summed E-state index contributed by atoms with van der Waals surface area (Å²) in [5.74, 6) is 1.64. The van der Waals surface area contributed by atoms with Crippen molar-refractivity contribution < 1.29 is 17.7 Å². The van der Waals surface area contributed by atoms with E-state index in [1.165, 1.54) is 69.8 Å². The number of halogens is 4. The minimum atomic E-state index is -3.67. The molecular formula is C33H50BF4P. The first-order valence-corrected chi connectivity index (χ1v) is 16.6. The smallest absolute Gasteiger partial charge is 0.269 e. The average molecular weight is 565 g/mol. The molecule has 0 bridgehead atoms. The first-order valence-electron chi connectivity index (χ1n) is 15.1. The van der Waals surface area contributed by atoms with Gasteiger partial charge in [0.25, 0.3) is 0 Å². The van der Waals surface area contributed by atoms with Crippen LogP contribution < -0.4 is 5.30 Å². The van der Waals surface area contributed by atoms with E-state index in [0.717, 1.165) is 11.3 Å². The minimum Gasteiger partial charge on any atom is -0.269 e. The summed E-state index contributed by atoms with van der Waals surface area (Å²) < 4.78 is 29.0. The molecule has 2 aromatic carbocycles. The number of rotatable bonds is 7. The number of hydrogen-bond acceptors (Lipinski definition) is 0. The van der Waals surface area contributed by atoms with E-state index in [4.69, 9.17) is 0 Å². The number of benzene rings is 2. The maximum Gasteiger partial charge on any atom is 0.762 e. The molecule has 2 fully saturated rings. The van der Waals surface area contributed by atoms with Crippen molar-refractivity contribution in [1.29, 1.82) is 0 Å². The summed E-state index contributed by atoms with van der Waals surface area (Å²) in [5, 5.41) is 1.75. The van der Waals surface area contributed by atoms with E-state index in [0.29, 0.717) is 17.8 Å². The van der Waals surface area contributed by atoms with E-state index in [9.17, 15) is 12.9 Å². The Morgan fingerprint density at radius 1 is 0.667 bits per heavy atom. The Kier molecular flexibility index (Phi) is 14.1. The van der Waals surface area contributed by atoms with Crippen LogP contribution in [0.3, 0.4) is 0 Å². The lowest BCUT2D eigenvalue weighted by atomic mass is 9.82. The predicted molar refractivity (Wildman–Crippen MR) is 166 cm³/mol. The van der Waals surface area contributed by atoms with Crippen LogP contribution in [-0.4, -0.2) is 18.9 Å². The molecule has 0 atom stereocenters. The van der Waals surface area contributed by atoms with Gasteiger partial charge >= 0.3 is 7.54 Å². The molecule has 4 rings (SSSR count). The molecule has 0 aromatic heterocycles. The topological polar surface area (TPSA) is 0 Å². The molecule has 0 aliphatic heterocycles. The van der Waals surface area contributed by atoms with E-state index in [2.05, 4.69) is 77.9 Å². The highest BCUT2D eigenvalue weighted by molar-refractivity contribution is 7.67. The Hall–Kier alpha value is -1.35. The Balaban J connectivity index is 0.000000998. The number of hydrogen-bond donors (Lipinski definition) is 0.